The van der Waals surface area contributed by atoms with Gasteiger partial charge in [0.25, 0.3) is 5.56 Å². The molecule has 9 nitrogen and oxygen atoms in total. The predicted molar refractivity (Wildman–Crippen MR) is 122 cm³/mol. The van der Waals surface area contributed by atoms with E-state index in [0.29, 0.717) is 40.8 Å². The summed E-state index contributed by atoms with van der Waals surface area (Å²) < 4.78 is 42.9. The van der Waals surface area contributed by atoms with E-state index in [-0.39, 0.29) is 23.9 Å². The number of hydrogen-bond donors (Lipinski definition) is 2. The number of aromatic amines is 1. The number of nitrogen functional groups attached to an aromatic ring is 1. The monoisotopic (exact) mass is 484 g/mol. The predicted octanol–water partition coefficient (Wildman–Crippen LogP) is 2.94. The van der Waals surface area contributed by atoms with E-state index in [9.17, 15) is 22.8 Å². The fraction of sp³-hybridized carbons (Fsp3) is 0.217. The van der Waals surface area contributed by atoms with E-state index >= 15 is 0 Å². The average molecular weight is 484 g/mol. The molecule has 0 spiro atoms. The highest BCUT2D eigenvalue weighted by molar-refractivity contribution is 6.01. The third kappa shape index (κ3) is 4.18. The van der Waals surface area contributed by atoms with Crippen molar-refractivity contribution in [3.63, 3.8) is 0 Å². The van der Waals surface area contributed by atoms with Gasteiger partial charge >= 0.3 is 6.36 Å². The Kier molecular flexibility index (Phi) is 5.23. The van der Waals surface area contributed by atoms with Gasteiger partial charge in [-0.2, -0.15) is 10.2 Å². The number of anilines is 2. The first kappa shape index (κ1) is 22.4. The van der Waals surface area contributed by atoms with Crippen molar-refractivity contribution in [2.75, 3.05) is 17.2 Å². The van der Waals surface area contributed by atoms with Crippen LogP contribution in [0.25, 0.3) is 22.2 Å². The summed E-state index contributed by atoms with van der Waals surface area (Å²) in [6.07, 6.45) is -4.29. The maximum absolute atomic E-state index is 13.0. The van der Waals surface area contributed by atoms with Crippen LogP contribution in [0.15, 0.2) is 47.3 Å². The molecule has 180 valence electrons. The topological polar surface area (TPSA) is 119 Å². The summed E-state index contributed by atoms with van der Waals surface area (Å²) in [5, 5.41) is 11.1. The van der Waals surface area contributed by atoms with Gasteiger partial charge in [0.05, 0.1) is 11.8 Å². The molecule has 3 N–H and O–H groups in total. The number of carbonyl (C=O) groups is 1. The van der Waals surface area contributed by atoms with Crippen molar-refractivity contribution in [3.8, 4) is 17.0 Å². The molecule has 0 atom stereocenters. The SMILES string of the molecule is Cn1nc(-c2ccc3c(c2)CCN3C(=O)Cc2cccc(OC(F)(F)F)c2)c2c(N)n[nH]c(=O)c21. The number of nitrogens with zero attached hydrogens (tertiary/aromatic N) is 4. The number of aromatic nitrogens is 4. The molecule has 0 radical (unpaired) electrons. The van der Waals surface area contributed by atoms with Crippen LogP contribution in [0, 0.1) is 0 Å². The number of benzene rings is 2. The lowest BCUT2D eigenvalue weighted by Crippen LogP contribution is -2.30. The van der Waals surface area contributed by atoms with E-state index in [0.717, 1.165) is 11.1 Å². The summed E-state index contributed by atoms with van der Waals surface area (Å²) in [6, 6.07) is 10.8. The summed E-state index contributed by atoms with van der Waals surface area (Å²) >= 11 is 0. The Morgan fingerprint density at radius 2 is 2.03 bits per heavy atom. The van der Waals surface area contributed by atoms with E-state index in [2.05, 4.69) is 20.0 Å². The van der Waals surface area contributed by atoms with Gasteiger partial charge in [-0.1, -0.05) is 18.2 Å². The molecule has 35 heavy (non-hydrogen) atoms. The van der Waals surface area contributed by atoms with Crippen LogP contribution < -0.4 is 20.9 Å². The lowest BCUT2D eigenvalue weighted by atomic mass is 10.0. The molecular formula is C23H19F3N6O3. The van der Waals surface area contributed by atoms with Crippen molar-refractivity contribution >= 4 is 28.3 Å². The highest BCUT2D eigenvalue weighted by Gasteiger charge is 2.31. The number of amides is 1. The fourth-order valence-corrected chi connectivity index (χ4v) is 4.38. The van der Waals surface area contributed by atoms with Gasteiger partial charge in [-0.15, -0.1) is 13.2 Å². The number of H-pyrrole nitrogens is 1. The van der Waals surface area contributed by atoms with Gasteiger partial charge in [0.15, 0.2) is 5.82 Å². The molecule has 0 fully saturated rings. The van der Waals surface area contributed by atoms with E-state index in [1.807, 2.05) is 6.07 Å². The quantitative estimate of drug-likeness (QED) is 0.460. The van der Waals surface area contributed by atoms with Crippen molar-refractivity contribution in [3.05, 3.63) is 63.9 Å². The average Bonchev–Trinajstić information content (AvgIpc) is 3.37. The molecule has 0 aliphatic carbocycles. The van der Waals surface area contributed by atoms with E-state index < -0.39 is 11.9 Å². The van der Waals surface area contributed by atoms with Gasteiger partial charge in [-0.3, -0.25) is 14.3 Å². The first-order valence-corrected chi connectivity index (χ1v) is 10.6. The molecule has 3 heterocycles. The molecule has 1 aliphatic rings. The number of rotatable bonds is 4. The van der Waals surface area contributed by atoms with Gasteiger partial charge in [0.1, 0.15) is 17.0 Å². The van der Waals surface area contributed by atoms with E-state index in [1.165, 1.54) is 22.9 Å². The summed E-state index contributed by atoms with van der Waals surface area (Å²) in [5.74, 6) is -0.467. The Morgan fingerprint density at radius 3 is 2.80 bits per heavy atom. The number of ether oxygens (including phenoxy) is 1. The summed E-state index contributed by atoms with van der Waals surface area (Å²) in [7, 11) is 1.64. The largest absolute Gasteiger partial charge is 0.573 e. The standard InChI is InChI=1S/C23H19F3N6O3/c1-31-20-18(21(27)28-29-22(20)34)19(30-31)14-5-6-16-13(11-14)7-8-32(16)17(33)10-12-3-2-4-15(9-12)35-23(24,25)26/h2-6,9,11H,7-8,10H2,1H3,(H2,27,28)(H,29,34). The molecule has 5 rings (SSSR count). The number of hydrogen-bond acceptors (Lipinski definition) is 6. The van der Waals surface area contributed by atoms with Gasteiger partial charge in [0.2, 0.25) is 5.91 Å². The summed E-state index contributed by atoms with van der Waals surface area (Å²) in [6.45, 7) is 0.433. The zero-order valence-electron chi connectivity index (χ0n) is 18.4. The minimum absolute atomic E-state index is 0.0773. The minimum atomic E-state index is -4.80. The van der Waals surface area contributed by atoms with Crippen LogP contribution >= 0.6 is 0 Å². The lowest BCUT2D eigenvalue weighted by Gasteiger charge is -2.18. The Hall–Kier alpha value is -4.35. The van der Waals surface area contributed by atoms with Crippen LogP contribution in [0.5, 0.6) is 5.75 Å². The molecule has 12 heteroatoms. The van der Waals surface area contributed by atoms with Crippen LogP contribution in [-0.4, -0.2) is 38.8 Å². The molecule has 2 aromatic carbocycles. The Balaban J connectivity index is 1.41. The first-order chi connectivity index (χ1) is 16.6. The molecule has 0 unspecified atom stereocenters. The summed E-state index contributed by atoms with van der Waals surface area (Å²) in [4.78, 5) is 26.8. The van der Waals surface area contributed by atoms with E-state index in [4.69, 9.17) is 5.73 Å². The molecule has 1 aliphatic heterocycles. The van der Waals surface area contributed by atoms with Gasteiger partial charge in [0, 0.05) is 24.8 Å². The van der Waals surface area contributed by atoms with Crippen LogP contribution in [0.3, 0.4) is 0 Å². The van der Waals surface area contributed by atoms with Crippen LogP contribution in [0.1, 0.15) is 11.1 Å². The molecule has 0 bridgehead atoms. The third-order valence-electron chi connectivity index (χ3n) is 5.83. The molecular weight excluding hydrogens is 465 g/mol. The van der Waals surface area contributed by atoms with Gasteiger partial charge in [-0.05, 0) is 41.8 Å². The van der Waals surface area contributed by atoms with Crippen LogP contribution in [0.4, 0.5) is 24.7 Å². The maximum atomic E-state index is 13.0. The zero-order chi connectivity index (χ0) is 24.9. The Bertz CT molecular complexity index is 1530. The highest BCUT2D eigenvalue weighted by atomic mass is 19.4. The van der Waals surface area contributed by atoms with Gasteiger partial charge in [-0.25, -0.2) is 5.10 Å². The number of halogens is 3. The van der Waals surface area contributed by atoms with Crippen molar-refractivity contribution in [1.82, 2.24) is 20.0 Å². The first-order valence-electron chi connectivity index (χ1n) is 10.6. The lowest BCUT2D eigenvalue weighted by molar-refractivity contribution is -0.274. The second-order valence-corrected chi connectivity index (χ2v) is 8.14. The number of nitrogens with one attached hydrogen (secondary N) is 1. The zero-order valence-corrected chi connectivity index (χ0v) is 18.4. The highest BCUT2D eigenvalue weighted by Crippen LogP contribution is 2.35. The van der Waals surface area contributed by atoms with Crippen LogP contribution in [0.2, 0.25) is 0 Å². The number of carbonyl (C=O) groups excluding carboxylic acids is 1. The number of alkyl halides is 3. The molecule has 2 aromatic heterocycles. The van der Waals surface area contributed by atoms with Crippen molar-refractivity contribution in [2.24, 2.45) is 7.05 Å². The smallest absolute Gasteiger partial charge is 0.406 e. The van der Waals surface area contributed by atoms with Crippen molar-refractivity contribution in [2.45, 2.75) is 19.2 Å². The third-order valence-corrected chi connectivity index (χ3v) is 5.83. The van der Waals surface area contributed by atoms with Gasteiger partial charge < -0.3 is 15.4 Å². The van der Waals surface area contributed by atoms with E-state index in [1.54, 1.807) is 30.1 Å². The maximum Gasteiger partial charge on any atom is 0.573 e. The number of nitrogens with two attached hydrogens (primary N) is 1. The van der Waals surface area contributed by atoms with Crippen molar-refractivity contribution < 1.29 is 22.7 Å². The molecule has 0 saturated heterocycles. The number of fused-ring (bicyclic) bond motifs is 2. The summed E-state index contributed by atoms with van der Waals surface area (Å²) in [5.41, 5.74) is 9.17. The fourth-order valence-electron chi connectivity index (χ4n) is 4.38. The molecule has 0 saturated carbocycles. The molecule has 1 amide bonds. The van der Waals surface area contributed by atoms with Crippen molar-refractivity contribution in [1.29, 1.82) is 0 Å². The number of aryl methyl sites for hydroxylation is 1. The second-order valence-electron chi connectivity index (χ2n) is 8.14. The van der Waals surface area contributed by atoms with Crippen LogP contribution in [-0.2, 0) is 24.7 Å². The molecule has 4 aromatic rings. The minimum Gasteiger partial charge on any atom is -0.406 e. The Morgan fingerprint density at radius 1 is 1.23 bits per heavy atom. The normalized spacial score (nSPS) is 13.3. The second kappa shape index (κ2) is 8.15. The Labute approximate surface area is 195 Å².